The number of likely N-dealkylation sites (N-methyl/N-ethyl adjacent to an activating group) is 1. The Morgan fingerprint density at radius 3 is 2.69 bits per heavy atom. The highest BCUT2D eigenvalue weighted by Crippen LogP contribution is 2.13. The Balaban J connectivity index is 2.55. The number of rotatable bonds is 2. The first kappa shape index (κ1) is 10.5. The summed E-state index contributed by atoms with van der Waals surface area (Å²) < 4.78 is 0. The molecule has 0 aromatic carbocycles. The minimum atomic E-state index is 0.228. The molecule has 1 atom stereocenters. The average Bonchev–Trinajstić information content (AvgIpc) is 2.04. The molecule has 1 aliphatic rings. The fraction of sp³-hybridized carbons (Fsp3) is 0.900. The number of hydrogen-bond acceptors (Lipinski definition) is 2. The van der Waals surface area contributed by atoms with Crippen molar-refractivity contribution in [3.05, 3.63) is 0 Å². The molecule has 76 valence electrons. The fourth-order valence-corrected chi connectivity index (χ4v) is 2.01. The van der Waals surface area contributed by atoms with Crippen LogP contribution in [0.3, 0.4) is 0 Å². The van der Waals surface area contributed by atoms with Crippen LogP contribution in [-0.2, 0) is 4.79 Å². The lowest BCUT2D eigenvalue weighted by molar-refractivity contribution is -0.133. The first-order valence-electron chi connectivity index (χ1n) is 5.11. The summed E-state index contributed by atoms with van der Waals surface area (Å²) in [5.74, 6) is 0.228. The van der Waals surface area contributed by atoms with Gasteiger partial charge in [0.05, 0.1) is 0 Å². The van der Waals surface area contributed by atoms with Crippen LogP contribution in [-0.4, -0.2) is 48.4 Å². The van der Waals surface area contributed by atoms with Crippen molar-refractivity contribution in [3.63, 3.8) is 0 Å². The van der Waals surface area contributed by atoms with Gasteiger partial charge >= 0.3 is 0 Å². The Kier molecular flexibility index (Phi) is 3.72. The summed E-state index contributed by atoms with van der Waals surface area (Å²) in [5.41, 5.74) is 0. The van der Waals surface area contributed by atoms with Crippen molar-refractivity contribution in [1.82, 2.24) is 9.80 Å². The van der Waals surface area contributed by atoms with E-state index in [-0.39, 0.29) is 5.91 Å². The Hall–Kier alpha value is -0.570. The molecule has 0 aromatic heterocycles. The van der Waals surface area contributed by atoms with Gasteiger partial charge in [0.2, 0.25) is 5.91 Å². The van der Waals surface area contributed by atoms with Crippen molar-refractivity contribution in [1.29, 1.82) is 0 Å². The third kappa shape index (κ3) is 2.69. The van der Waals surface area contributed by atoms with E-state index in [1.807, 2.05) is 4.90 Å². The monoisotopic (exact) mass is 184 g/mol. The highest BCUT2D eigenvalue weighted by molar-refractivity contribution is 5.73. The molecule has 1 aliphatic heterocycles. The molecule has 0 N–H and O–H groups in total. The smallest absolute Gasteiger partial charge is 0.219 e. The van der Waals surface area contributed by atoms with E-state index >= 15 is 0 Å². The Labute approximate surface area is 80.7 Å². The maximum Gasteiger partial charge on any atom is 0.219 e. The maximum absolute atomic E-state index is 11.3. The highest BCUT2D eigenvalue weighted by Gasteiger charge is 2.25. The maximum atomic E-state index is 11.3. The lowest BCUT2D eigenvalue weighted by Gasteiger charge is -2.39. The number of nitrogens with zero attached hydrogens (tertiary/aromatic N) is 2. The molecule has 0 aromatic rings. The third-order valence-electron chi connectivity index (χ3n) is 2.71. The van der Waals surface area contributed by atoms with Crippen LogP contribution in [0.5, 0.6) is 0 Å². The van der Waals surface area contributed by atoms with Crippen LogP contribution in [0.25, 0.3) is 0 Å². The molecular weight excluding hydrogens is 164 g/mol. The zero-order valence-corrected chi connectivity index (χ0v) is 8.92. The van der Waals surface area contributed by atoms with Crippen molar-refractivity contribution in [3.8, 4) is 0 Å². The van der Waals surface area contributed by atoms with Gasteiger partial charge in [-0.3, -0.25) is 4.79 Å². The van der Waals surface area contributed by atoms with Crippen molar-refractivity contribution < 1.29 is 4.79 Å². The number of carbonyl (C=O) groups is 1. The molecule has 1 heterocycles. The molecular formula is C10H20N2O. The largest absolute Gasteiger partial charge is 0.337 e. The van der Waals surface area contributed by atoms with Crippen LogP contribution in [0.1, 0.15) is 26.7 Å². The van der Waals surface area contributed by atoms with Gasteiger partial charge in [0.1, 0.15) is 0 Å². The normalized spacial score (nSPS) is 24.8. The predicted molar refractivity (Wildman–Crippen MR) is 53.6 cm³/mol. The molecule has 0 saturated carbocycles. The Bertz CT molecular complexity index is 182. The van der Waals surface area contributed by atoms with Crippen molar-refractivity contribution >= 4 is 5.91 Å². The van der Waals surface area contributed by atoms with Gasteiger partial charge in [-0.15, -0.1) is 0 Å². The van der Waals surface area contributed by atoms with Gasteiger partial charge < -0.3 is 9.80 Å². The summed E-state index contributed by atoms with van der Waals surface area (Å²) in [6, 6.07) is 0.446. The SMILES string of the molecule is CCCC1CN(C)CCN1C(C)=O. The van der Waals surface area contributed by atoms with Crippen LogP contribution in [0.2, 0.25) is 0 Å². The summed E-state index contributed by atoms with van der Waals surface area (Å²) in [4.78, 5) is 15.6. The van der Waals surface area contributed by atoms with Crippen molar-refractivity contribution in [2.75, 3.05) is 26.7 Å². The molecule has 1 rings (SSSR count). The van der Waals surface area contributed by atoms with Gasteiger partial charge in [-0.05, 0) is 13.5 Å². The van der Waals surface area contributed by atoms with Crippen LogP contribution in [0.15, 0.2) is 0 Å². The second-order valence-electron chi connectivity index (χ2n) is 3.92. The van der Waals surface area contributed by atoms with Gasteiger partial charge in [-0.1, -0.05) is 13.3 Å². The zero-order valence-electron chi connectivity index (χ0n) is 8.92. The average molecular weight is 184 g/mol. The van der Waals surface area contributed by atoms with Gasteiger partial charge in [0.25, 0.3) is 0 Å². The van der Waals surface area contributed by atoms with Crippen LogP contribution < -0.4 is 0 Å². The van der Waals surface area contributed by atoms with Gasteiger partial charge in [-0.25, -0.2) is 0 Å². The van der Waals surface area contributed by atoms with E-state index < -0.39 is 0 Å². The minimum absolute atomic E-state index is 0.228. The van der Waals surface area contributed by atoms with E-state index in [0.717, 1.165) is 32.5 Å². The molecule has 1 unspecified atom stereocenters. The van der Waals surface area contributed by atoms with E-state index in [1.54, 1.807) is 6.92 Å². The van der Waals surface area contributed by atoms with E-state index in [9.17, 15) is 4.79 Å². The Morgan fingerprint density at radius 2 is 2.15 bits per heavy atom. The van der Waals surface area contributed by atoms with Crippen LogP contribution in [0, 0.1) is 0 Å². The summed E-state index contributed by atoms with van der Waals surface area (Å²) in [7, 11) is 2.13. The second-order valence-corrected chi connectivity index (χ2v) is 3.92. The van der Waals surface area contributed by atoms with Crippen LogP contribution in [0.4, 0.5) is 0 Å². The lowest BCUT2D eigenvalue weighted by atomic mass is 10.1. The summed E-state index contributed by atoms with van der Waals surface area (Å²) in [5, 5.41) is 0. The topological polar surface area (TPSA) is 23.6 Å². The number of amides is 1. The molecule has 0 aliphatic carbocycles. The molecule has 0 spiro atoms. The van der Waals surface area contributed by atoms with Gasteiger partial charge in [0, 0.05) is 32.6 Å². The van der Waals surface area contributed by atoms with E-state index in [0.29, 0.717) is 6.04 Å². The summed E-state index contributed by atoms with van der Waals surface area (Å²) in [6.45, 7) is 6.80. The Morgan fingerprint density at radius 1 is 1.46 bits per heavy atom. The number of piperazine rings is 1. The summed E-state index contributed by atoms with van der Waals surface area (Å²) in [6.07, 6.45) is 2.28. The van der Waals surface area contributed by atoms with Crippen molar-refractivity contribution in [2.24, 2.45) is 0 Å². The van der Waals surface area contributed by atoms with E-state index in [2.05, 4.69) is 18.9 Å². The van der Waals surface area contributed by atoms with E-state index in [1.165, 1.54) is 0 Å². The quantitative estimate of drug-likeness (QED) is 0.638. The van der Waals surface area contributed by atoms with Gasteiger partial charge in [-0.2, -0.15) is 0 Å². The van der Waals surface area contributed by atoms with Crippen molar-refractivity contribution in [2.45, 2.75) is 32.7 Å². The van der Waals surface area contributed by atoms with Gasteiger partial charge in [0.15, 0.2) is 0 Å². The first-order chi connectivity index (χ1) is 6.15. The first-order valence-corrected chi connectivity index (χ1v) is 5.11. The van der Waals surface area contributed by atoms with Crippen LogP contribution >= 0.6 is 0 Å². The van der Waals surface area contributed by atoms with E-state index in [4.69, 9.17) is 0 Å². The molecule has 13 heavy (non-hydrogen) atoms. The third-order valence-corrected chi connectivity index (χ3v) is 2.71. The highest BCUT2D eigenvalue weighted by atomic mass is 16.2. The standard InChI is InChI=1S/C10H20N2O/c1-4-5-10-8-11(3)6-7-12(10)9(2)13/h10H,4-8H2,1-3H3. The molecule has 3 nitrogen and oxygen atoms in total. The molecule has 0 bridgehead atoms. The fourth-order valence-electron chi connectivity index (χ4n) is 2.01. The predicted octanol–water partition coefficient (Wildman–Crippen LogP) is 0.949. The molecule has 3 heteroatoms. The lowest BCUT2D eigenvalue weighted by Crippen LogP contribution is -2.53. The molecule has 0 radical (unpaired) electrons. The molecule has 1 saturated heterocycles. The number of carbonyl (C=O) groups excluding carboxylic acids is 1. The minimum Gasteiger partial charge on any atom is -0.337 e. The summed E-state index contributed by atoms with van der Waals surface area (Å²) >= 11 is 0. The molecule has 1 amide bonds. The molecule has 1 fully saturated rings. The second kappa shape index (κ2) is 4.61. The zero-order chi connectivity index (χ0) is 9.84. The number of hydrogen-bond donors (Lipinski definition) is 0.